The Kier molecular flexibility index (Phi) is 8.08. The predicted octanol–water partition coefficient (Wildman–Crippen LogP) is 3.55. The fourth-order valence-electron chi connectivity index (χ4n) is 2.86. The minimum absolute atomic E-state index is 0. The Morgan fingerprint density at radius 2 is 2.12 bits per heavy atom. The molecule has 2 N–H and O–H groups in total. The van der Waals surface area contributed by atoms with E-state index in [-0.39, 0.29) is 35.8 Å². The second kappa shape index (κ2) is 10.1. The van der Waals surface area contributed by atoms with Crippen molar-refractivity contribution in [3.63, 3.8) is 0 Å². The Bertz CT molecular complexity index is 741. The molecule has 0 radical (unpaired) electrons. The van der Waals surface area contributed by atoms with Crippen LogP contribution in [0.3, 0.4) is 0 Å². The summed E-state index contributed by atoms with van der Waals surface area (Å²) >= 11 is 3.43. The van der Waals surface area contributed by atoms with Crippen molar-refractivity contribution in [3.05, 3.63) is 58.4 Å². The van der Waals surface area contributed by atoms with Crippen LogP contribution in [0.25, 0.3) is 0 Å². The summed E-state index contributed by atoms with van der Waals surface area (Å²) < 4.78 is 14.9. The summed E-state index contributed by atoms with van der Waals surface area (Å²) in [6, 6.07) is 11.4. The molecule has 0 amide bonds. The smallest absolute Gasteiger partial charge is 0.191 e. The van der Waals surface area contributed by atoms with Crippen molar-refractivity contribution < 1.29 is 4.39 Å². The molecule has 0 bridgehead atoms. The largest absolute Gasteiger partial charge is 0.352 e. The molecule has 2 aromatic rings. The average molecular weight is 534 g/mol. The van der Waals surface area contributed by atoms with Crippen LogP contribution in [0.2, 0.25) is 0 Å². The highest BCUT2D eigenvalue weighted by Crippen LogP contribution is 2.20. The van der Waals surface area contributed by atoms with E-state index in [0.717, 1.165) is 23.4 Å². The molecule has 1 aromatic heterocycles. The number of rotatable bonds is 4. The summed E-state index contributed by atoms with van der Waals surface area (Å²) in [5, 5.41) is 6.72. The summed E-state index contributed by atoms with van der Waals surface area (Å²) in [6.45, 7) is 2.17. The zero-order valence-electron chi connectivity index (χ0n) is 14.5. The van der Waals surface area contributed by atoms with E-state index in [1.54, 1.807) is 19.3 Å². The number of aliphatic imine (C=N–C) groups is 1. The molecule has 1 saturated heterocycles. The Labute approximate surface area is 178 Å². The number of nitrogens with one attached hydrogen (secondary N) is 2. The summed E-state index contributed by atoms with van der Waals surface area (Å²) in [7, 11) is 1.75. The maximum absolute atomic E-state index is 13.9. The van der Waals surface area contributed by atoms with Crippen molar-refractivity contribution in [1.82, 2.24) is 15.6 Å². The first-order chi connectivity index (χ1) is 12.2. The van der Waals surface area contributed by atoms with Gasteiger partial charge in [-0.05, 0) is 36.2 Å². The lowest BCUT2D eigenvalue weighted by Crippen LogP contribution is -2.44. The molecule has 2 heterocycles. The summed E-state index contributed by atoms with van der Waals surface area (Å²) in [4.78, 5) is 10.4. The van der Waals surface area contributed by atoms with Crippen LogP contribution < -0.4 is 15.5 Å². The van der Waals surface area contributed by atoms with E-state index in [2.05, 4.69) is 48.7 Å². The van der Waals surface area contributed by atoms with Gasteiger partial charge in [0.15, 0.2) is 17.6 Å². The van der Waals surface area contributed by atoms with Crippen molar-refractivity contribution in [2.24, 2.45) is 4.99 Å². The standard InChI is InChI=1S/C18H21BrFN5.HI/c1-21-18(23-11-13-4-6-14(19)7-5-13)24-15-8-10-25(12-15)17-16(20)3-2-9-22-17;/h2-7,9,15H,8,10-12H2,1H3,(H2,21,23,24);1H. The van der Waals surface area contributed by atoms with Gasteiger partial charge in [0.05, 0.1) is 0 Å². The monoisotopic (exact) mass is 533 g/mol. The van der Waals surface area contributed by atoms with Gasteiger partial charge in [-0.3, -0.25) is 4.99 Å². The van der Waals surface area contributed by atoms with Gasteiger partial charge in [0.25, 0.3) is 0 Å². The SMILES string of the molecule is CN=C(NCc1ccc(Br)cc1)NC1CCN(c2ncccc2F)C1.I. The van der Waals surface area contributed by atoms with Crippen LogP contribution in [0, 0.1) is 5.82 Å². The second-order valence-corrected chi connectivity index (χ2v) is 6.85. The van der Waals surface area contributed by atoms with Crippen molar-refractivity contribution in [1.29, 1.82) is 0 Å². The molecular formula is C18H22BrFIN5. The van der Waals surface area contributed by atoms with Crippen LogP contribution in [-0.2, 0) is 6.54 Å². The average Bonchev–Trinajstić information content (AvgIpc) is 3.08. The van der Waals surface area contributed by atoms with Crippen LogP contribution in [0.4, 0.5) is 10.2 Å². The maximum Gasteiger partial charge on any atom is 0.191 e. The predicted molar refractivity (Wildman–Crippen MR) is 118 cm³/mol. The zero-order valence-corrected chi connectivity index (χ0v) is 18.4. The minimum Gasteiger partial charge on any atom is -0.352 e. The van der Waals surface area contributed by atoms with E-state index in [4.69, 9.17) is 0 Å². The Morgan fingerprint density at radius 3 is 2.81 bits per heavy atom. The van der Waals surface area contributed by atoms with E-state index >= 15 is 0 Å². The molecule has 1 unspecified atom stereocenters. The van der Waals surface area contributed by atoms with Crippen LogP contribution in [0.5, 0.6) is 0 Å². The molecule has 0 saturated carbocycles. The number of hydrogen-bond acceptors (Lipinski definition) is 3. The highest BCUT2D eigenvalue weighted by Gasteiger charge is 2.25. The fraction of sp³-hybridized carbons (Fsp3) is 0.333. The first-order valence-corrected chi connectivity index (χ1v) is 9.02. The third-order valence-corrected chi connectivity index (χ3v) is 4.69. The van der Waals surface area contributed by atoms with Gasteiger partial charge in [0, 0.05) is 43.4 Å². The molecule has 140 valence electrons. The highest BCUT2D eigenvalue weighted by atomic mass is 127. The number of anilines is 1. The first kappa shape index (κ1) is 20.9. The molecule has 1 aliphatic rings. The van der Waals surface area contributed by atoms with Gasteiger partial charge in [0.2, 0.25) is 0 Å². The lowest BCUT2D eigenvalue weighted by molar-refractivity contribution is 0.612. The summed E-state index contributed by atoms with van der Waals surface area (Å²) in [6.07, 6.45) is 2.53. The van der Waals surface area contributed by atoms with E-state index < -0.39 is 0 Å². The zero-order chi connectivity index (χ0) is 17.6. The van der Waals surface area contributed by atoms with Crippen LogP contribution >= 0.6 is 39.9 Å². The van der Waals surface area contributed by atoms with Crippen molar-refractivity contribution in [3.8, 4) is 0 Å². The van der Waals surface area contributed by atoms with E-state index in [9.17, 15) is 4.39 Å². The normalized spacial score (nSPS) is 17.0. The quantitative estimate of drug-likeness (QED) is 0.358. The van der Waals surface area contributed by atoms with Gasteiger partial charge >= 0.3 is 0 Å². The molecule has 26 heavy (non-hydrogen) atoms. The molecule has 0 aliphatic carbocycles. The van der Waals surface area contributed by atoms with Gasteiger partial charge in [-0.2, -0.15) is 0 Å². The van der Waals surface area contributed by atoms with Crippen molar-refractivity contribution >= 4 is 51.7 Å². The maximum atomic E-state index is 13.9. The summed E-state index contributed by atoms with van der Waals surface area (Å²) in [5.74, 6) is 0.891. The van der Waals surface area contributed by atoms with Crippen LogP contribution in [0.15, 0.2) is 52.1 Å². The Balaban J connectivity index is 0.00000243. The van der Waals surface area contributed by atoms with Gasteiger partial charge in [-0.25, -0.2) is 9.37 Å². The molecule has 0 spiro atoms. The Hall–Kier alpha value is -1.42. The molecule has 1 fully saturated rings. The van der Waals surface area contributed by atoms with E-state index in [1.165, 1.54) is 11.6 Å². The third kappa shape index (κ3) is 5.54. The van der Waals surface area contributed by atoms with Crippen molar-refractivity contribution in [2.75, 3.05) is 25.0 Å². The number of nitrogens with zero attached hydrogens (tertiary/aromatic N) is 3. The van der Waals surface area contributed by atoms with Crippen LogP contribution in [-0.4, -0.2) is 37.1 Å². The topological polar surface area (TPSA) is 52.6 Å². The lowest BCUT2D eigenvalue weighted by atomic mass is 10.2. The molecule has 1 atom stereocenters. The van der Waals surface area contributed by atoms with Crippen LogP contribution in [0.1, 0.15) is 12.0 Å². The van der Waals surface area contributed by atoms with Gasteiger partial charge in [-0.1, -0.05) is 28.1 Å². The number of aromatic nitrogens is 1. The molecule has 8 heteroatoms. The van der Waals surface area contributed by atoms with Gasteiger partial charge in [-0.15, -0.1) is 24.0 Å². The fourth-order valence-corrected chi connectivity index (χ4v) is 3.12. The minimum atomic E-state index is -0.277. The Morgan fingerprint density at radius 1 is 1.35 bits per heavy atom. The van der Waals surface area contributed by atoms with E-state index in [1.807, 2.05) is 17.0 Å². The molecule has 1 aliphatic heterocycles. The number of guanidine groups is 1. The summed E-state index contributed by atoms with van der Waals surface area (Å²) in [5.41, 5.74) is 1.18. The molecule has 3 rings (SSSR count). The number of halogens is 3. The molecule has 1 aromatic carbocycles. The number of hydrogen-bond donors (Lipinski definition) is 2. The lowest BCUT2D eigenvalue weighted by Gasteiger charge is -2.20. The first-order valence-electron chi connectivity index (χ1n) is 8.23. The van der Waals surface area contributed by atoms with Gasteiger partial charge < -0.3 is 15.5 Å². The number of benzene rings is 1. The molecular weight excluding hydrogens is 512 g/mol. The second-order valence-electron chi connectivity index (χ2n) is 5.94. The van der Waals surface area contributed by atoms with Crippen molar-refractivity contribution in [2.45, 2.75) is 19.0 Å². The molecule has 5 nitrogen and oxygen atoms in total. The van der Waals surface area contributed by atoms with E-state index in [0.29, 0.717) is 18.9 Å². The highest BCUT2D eigenvalue weighted by molar-refractivity contribution is 14.0. The third-order valence-electron chi connectivity index (χ3n) is 4.16. The number of pyridine rings is 1. The van der Waals surface area contributed by atoms with Gasteiger partial charge in [0.1, 0.15) is 0 Å².